The fraction of sp³-hybridized carbons (Fsp3) is 0.333. The zero-order valence-electron chi connectivity index (χ0n) is 14.8. The van der Waals surface area contributed by atoms with E-state index in [2.05, 4.69) is 25.0 Å². The van der Waals surface area contributed by atoms with Crippen LogP contribution in [0.25, 0.3) is 11.5 Å². The molecule has 1 saturated heterocycles. The smallest absolute Gasteiger partial charge is 0.261 e. The highest BCUT2D eigenvalue weighted by Crippen LogP contribution is 2.34. The zero-order valence-corrected chi connectivity index (χ0v) is 15.6. The van der Waals surface area contributed by atoms with Gasteiger partial charge in [0.05, 0.1) is 12.7 Å². The van der Waals surface area contributed by atoms with Crippen molar-refractivity contribution in [1.29, 1.82) is 0 Å². The van der Waals surface area contributed by atoms with Gasteiger partial charge in [-0.1, -0.05) is 28.9 Å². The van der Waals surface area contributed by atoms with E-state index in [4.69, 9.17) is 26.6 Å². The van der Waals surface area contributed by atoms with Gasteiger partial charge in [-0.25, -0.2) is 9.97 Å². The zero-order chi connectivity index (χ0) is 18.8. The Hall–Kier alpha value is -2.87. The number of hydrogen-bond donors (Lipinski definition) is 1. The highest BCUT2D eigenvalue weighted by Gasteiger charge is 2.27. The predicted molar refractivity (Wildman–Crippen MR) is 102 cm³/mol. The number of hydrogen-bond acceptors (Lipinski definition) is 8. The lowest BCUT2D eigenvalue weighted by Gasteiger charge is -2.31. The van der Waals surface area contributed by atoms with Gasteiger partial charge in [0.1, 0.15) is 22.9 Å². The van der Waals surface area contributed by atoms with Crippen LogP contribution < -0.4 is 15.4 Å². The van der Waals surface area contributed by atoms with Gasteiger partial charge in [0.25, 0.3) is 5.89 Å². The minimum absolute atomic E-state index is 0.214. The normalized spacial score (nSPS) is 15.1. The molecule has 1 aliphatic heterocycles. The molecule has 2 aromatic heterocycles. The Morgan fingerprint density at radius 3 is 2.78 bits per heavy atom. The Morgan fingerprint density at radius 1 is 1.22 bits per heavy atom. The van der Waals surface area contributed by atoms with Crippen LogP contribution in [0, 0.1) is 0 Å². The van der Waals surface area contributed by atoms with E-state index in [0.717, 1.165) is 31.5 Å². The first-order valence-corrected chi connectivity index (χ1v) is 9.03. The Balaban J connectivity index is 1.48. The number of benzene rings is 1. The van der Waals surface area contributed by atoms with Crippen LogP contribution in [0.15, 0.2) is 35.1 Å². The van der Waals surface area contributed by atoms with Crippen molar-refractivity contribution in [3.63, 3.8) is 0 Å². The van der Waals surface area contributed by atoms with E-state index >= 15 is 0 Å². The summed E-state index contributed by atoms with van der Waals surface area (Å²) < 4.78 is 10.8. The molecule has 8 nitrogen and oxygen atoms in total. The van der Waals surface area contributed by atoms with Crippen molar-refractivity contribution in [3.05, 3.63) is 41.4 Å². The standard InChI is InChI=1S/C18H19ClN6O2/c1-26-13-5-3-2-4-12(13)18-23-16(24-27-18)11-6-8-25(9-7-11)17-14(19)15(20)21-10-22-17/h2-5,10-11H,6-9H2,1H3,(H2,20,21,22). The van der Waals surface area contributed by atoms with Crippen molar-refractivity contribution >= 4 is 23.2 Å². The summed E-state index contributed by atoms with van der Waals surface area (Å²) in [6.07, 6.45) is 3.16. The van der Waals surface area contributed by atoms with E-state index in [-0.39, 0.29) is 5.92 Å². The van der Waals surface area contributed by atoms with Gasteiger partial charge in [-0.15, -0.1) is 0 Å². The van der Waals surface area contributed by atoms with Crippen LogP contribution >= 0.6 is 11.6 Å². The third-order valence-corrected chi connectivity index (χ3v) is 5.10. The molecule has 0 saturated carbocycles. The van der Waals surface area contributed by atoms with Crippen molar-refractivity contribution < 1.29 is 9.26 Å². The molecule has 0 amide bonds. The minimum Gasteiger partial charge on any atom is -0.496 e. The summed E-state index contributed by atoms with van der Waals surface area (Å²) in [5, 5.41) is 4.59. The molecule has 2 N–H and O–H groups in total. The van der Waals surface area contributed by atoms with Gasteiger partial charge in [0.15, 0.2) is 11.6 Å². The molecule has 3 heterocycles. The maximum atomic E-state index is 6.24. The molecule has 3 aromatic rings. The number of halogens is 1. The Morgan fingerprint density at radius 2 is 2.00 bits per heavy atom. The summed E-state index contributed by atoms with van der Waals surface area (Å²) >= 11 is 6.24. The lowest BCUT2D eigenvalue weighted by atomic mass is 9.96. The quantitative estimate of drug-likeness (QED) is 0.729. The number of piperidine rings is 1. The molecule has 4 rings (SSSR count). The predicted octanol–water partition coefficient (Wildman–Crippen LogP) is 3.15. The van der Waals surface area contributed by atoms with Crippen LogP contribution in [0.1, 0.15) is 24.6 Å². The number of anilines is 2. The van der Waals surface area contributed by atoms with Gasteiger partial charge >= 0.3 is 0 Å². The molecular formula is C18H19ClN6O2. The summed E-state index contributed by atoms with van der Waals surface area (Å²) in [5.41, 5.74) is 6.57. The number of ether oxygens (including phenoxy) is 1. The highest BCUT2D eigenvalue weighted by atomic mass is 35.5. The average molecular weight is 387 g/mol. The molecule has 0 spiro atoms. The number of nitrogens with zero attached hydrogens (tertiary/aromatic N) is 5. The molecular weight excluding hydrogens is 368 g/mol. The molecule has 0 radical (unpaired) electrons. The maximum absolute atomic E-state index is 6.24. The summed E-state index contributed by atoms with van der Waals surface area (Å²) in [6, 6.07) is 7.59. The van der Waals surface area contributed by atoms with Crippen LogP contribution in [0.3, 0.4) is 0 Å². The average Bonchev–Trinajstić information content (AvgIpc) is 3.20. The van der Waals surface area contributed by atoms with E-state index < -0.39 is 0 Å². The van der Waals surface area contributed by atoms with Gasteiger partial charge in [-0.05, 0) is 25.0 Å². The summed E-state index contributed by atoms with van der Waals surface area (Å²) in [5.74, 6) is 3.07. The van der Waals surface area contributed by atoms with Crippen molar-refractivity contribution in [3.8, 4) is 17.2 Å². The van der Waals surface area contributed by atoms with Crippen molar-refractivity contribution in [2.24, 2.45) is 0 Å². The van der Waals surface area contributed by atoms with E-state index in [1.54, 1.807) is 7.11 Å². The molecule has 140 valence electrons. The van der Waals surface area contributed by atoms with Gasteiger partial charge in [0, 0.05) is 19.0 Å². The number of para-hydroxylation sites is 1. The van der Waals surface area contributed by atoms with Crippen LogP contribution in [0.4, 0.5) is 11.6 Å². The minimum atomic E-state index is 0.214. The Bertz CT molecular complexity index is 939. The lowest BCUT2D eigenvalue weighted by molar-refractivity contribution is 0.393. The maximum Gasteiger partial charge on any atom is 0.261 e. The number of aromatic nitrogens is 4. The fourth-order valence-electron chi connectivity index (χ4n) is 3.28. The van der Waals surface area contributed by atoms with E-state index in [9.17, 15) is 0 Å². The van der Waals surface area contributed by atoms with Crippen LogP contribution in [0.2, 0.25) is 5.02 Å². The highest BCUT2D eigenvalue weighted by molar-refractivity contribution is 6.35. The Labute approximate surface area is 161 Å². The molecule has 1 aromatic carbocycles. The number of methoxy groups -OCH3 is 1. The second-order valence-corrected chi connectivity index (χ2v) is 6.69. The molecule has 9 heteroatoms. The molecule has 0 atom stereocenters. The van der Waals surface area contributed by atoms with Crippen LogP contribution in [-0.2, 0) is 0 Å². The third-order valence-electron chi connectivity index (χ3n) is 4.74. The van der Waals surface area contributed by atoms with E-state index in [0.29, 0.717) is 34.1 Å². The van der Waals surface area contributed by atoms with Gasteiger partial charge in [-0.2, -0.15) is 4.98 Å². The molecule has 0 aliphatic carbocycles. The fourth-order valence-corrected chi connectivity index (χ4v) is 3.49. The largest absolute Gasteiger partial charge is 0.496 e. The second-order valence-electron chi connectivity index (χ2n) is 6.32. The van der Waals surface area contributed by atoms with E-state index in [1.165, 1.54) is 6.33 Å². The molecule has 0 bridgehead atoms. The van der Waals surface area contributed by atoms with Crippen molar-refractivity contribution in [2.45, 2.75) is 18.8 Å². The molecule has 27 heavy (non-hydrogen) atoms. The Kier molecular flexibility index (Phi) is 4.81. The van der Waals surface area contributed by atoms with Crippen LogP contribution in [-0.4, -0.2) is 40.3 Å². The summed E-state index contributed by atoms with van der Waals surface area (Å²) in [7, 11) is 1.62. The molecule has 1 fully saturated rings. The second kappa shape index (κ2) is 7.40. The number of rotatable bonds is 4. The number of nitrogen functional groups attached to an aromatic ring is 1. The van der Waals surface area contributed by atoms with Crippen molar-refractivity contribution in [2.75, 3.05) is 30.8 Å². The third kappa shape index (κ3) is 3.40. The molecule has 0 unspecified atom stereocenters. The first-order chi connectivity index (χ1) is 13.2. The SMILES string of the molecule is COc1ccccc1-c1nc(C2CCN(c3ncnc(N)c3Cl)CC2)no1. The summed E-state index contributed by atoms with van der Waals surface area (Å²) in [4.78, 5) is 14.9. The van der Waals surface area contributed by atoms with Gasteiger partial charge < -0.3 is 19.9 Å². The first kappa shape index (κ1) is 17.5. The van der Waals surface area contributed by atoms with Crippen LogP contribution in [0.5, 0.6) is 5.75 Å². The molecule has 1 aliphatic rings. The topological polar surface area (TPSA) is 103 Å². The number of nitrogens with two attached hydrogens (primary N) is 1. The van der Waals surface area contributed by atoms with E-state index in [1.807, 2.05) is 24.3 Å². The monoisotopic (exact) mass is 386 g/mol. The summed E-state index contributed by atoms with van der Waals surface area (Å²) in [6.45, 7) is 1.55. The van der Waals surface area contributed by atoms with Gasteiger partial charge in [-0.3, -0.25) is 0 Å². The lowest BCUT2D eigenvalue weighted by Crippen LogP contribution is -2.34. The van der Waals surface area contributed by atoms with Crippen molar-refractivity contribution in [1.82, 2.24) is 20.1 Å². The van der Waals surface area contributed by atoms with Gasteiger partial charge in [0.2, 0.25) is 0 Å². The first-order valence-electron chi connectivity index (χ1n) is 8.65.